The Balaban J connectivity index is 0.000000323. The van der Waals surface area contributed by atoms with Gasteiger partial charge in [0.25, 0.3) is 0 Å². The molecule has 2 N–H and O–H groups in total. The Morgan fingerprint density at radius 3 is 2.43 bits per heavy atom. The van der Waals surface area contributed by atoms with Crippen molar-refractivity contribution in [1.82, 2.24) is 25.2 Å². The van der Waals surface area contributed by atoms with Gasteiger partial charge in [0.2, 0.25) is 0 Å². The van der Waals surface area contributed by atoms with Crippen LogP contribution in [0.4, 0.5) is 19.0 Å². The lowest BCUT2D eigenvalue weighted by Gasteiger charge is -2.30. The highest BCUT2D eigenvalue weighted by atomic mass is 19.1. The molecule has 0 spiro atoms. The second-order valence-corrected chi connectivity index (χ2v) is 11.4. The van der Waals surface area contributed by atoms with E-state index in [4.69, 9.17) is 4.74 Å². The summed E-state index contributed by atoms with van der Waals surface area (Å²) in [5.41, 5.74) is 0.805. The van der Waals surface area contributed by atoms with Gasteiger partial charge in [-0.2, -0.15) is 9.97 Å². The number of phenols is 1. The van der Waals surface area contributed by atoms with Gasteiger partial charge in [0.15, 0.2) is 5.82 Å². The number of aromatic hydroxyl groups is 1. The summed E-state index contributed by atoms with van der Waals surface area (Å²) < 4.78 is 49.0. The molecule has 5 heterocycles. The van der Waals surface area contributed by atoms with E-state index in [9.17, 15) is 13.9 Å². The maximum Gasteiger partial charge on any atom is 0.318 e. The predicted molar refractivity (Wildman–Crippen MR) is 184 cm³/mol. The molecule has 0 saturated carbocycles. The summed E-state index contributed by atoms with van der Waals surface area (Å²) in [4.78, 5) is 18.0. The van der Waals surface area contributed by atoms with Crippen molar-refractivity contribution in [2.75, 3.05) is 51.3 Å². The van der Waals surface area contributed by atoms with Crippen LogP contribution in [0.1, 0.15) is 66.0 Å². The SMILES string of the molecule is CC.CC.CCCc1nc(-c2cc(O)cc3cccc(F)c23)c(F)c2nc(OC)nc(N3CCNCC3)c12.FC1CC2CCCN2C1. The molecular formula is C36H49F3N6O2. The number of piperazine rings is 1. The van der Waals surface area contributed by atoms with Gasteiger partial charge in [-0.15, -0.1) is 0 Å². The van der Waals surface area contributed by atoms with Gasteiger partial charge >= 0.3 is 6.01 Å². The second-order valence-electron chi connectivity index (χ2n) is 11.4. The maximum atomic E-state index is 16.2. The molecule has 2 aromatic heterocycles. The first-order chi connectivity index (χ1) is 22.9. The van der Waals surface area contributed by atoms with Gasteiger partial charge in [-0.1, -0.05) is 53.2 Å². The third-order valence-electron chi connectivity index (χ3n) is 8.53. The number of hydrogen-bond donors (Lipinski definition) is 2. The van der Waals surface area contributed by atoms with E-state index in [0.29, 0.717) is 54.4 Å². The van der Waals surface area contributed by atoms with E-state index in [0.717, 1.165) is 32.5 Å². The van der Waals surface area contributed by atoms with Crippen LogP contribution in [0.3, 0.4) is 0 Å². The van der Waals surface area contributed by atoms with Crippen LogP contribution in [-0.4, -0.2) is 83.6 Å². The van der Waals surface area contributed by atoms with Crippen LogP contribution in [0.5, 0.6) is 11.8 Å². The number of benzene rings is 2. The number of aromatic nitrogens is 3. The van der Waals surface area contributed by atoms with Crippen molar-refractivity contribution in [2.45, 2.75) is 78.9 Å². The zero-order valence-electron chi connectivity index (χ0n) is 28.5. The van der Waals surface area contributed by atoms with Crippen LogP contribution < -0.4 is 15.0 Å². The molecule has 3 aliphatic heterocycles. The highest BCUT2D eigenvalue weighted by Crippen LogP contribution is 2.39. The molecule has 0 amide bonds. The number of methoxy groups -OCH3 is 1. The number of hydrogen-bond acceptors (Lipinski definition) is 8. The lowest BCUT2D eigenvalue weighted by atomic mass is 9.98. The Kier molecular flexibility index (Phi) is 13.0. The molecule has 3 saturated heterocycles. The number of nitrogens with one attached hydrogen (secondary N) is 1. The van der Waals surface area contributed by atoms with Gasteiger partial charge in [0, 0.05) is 49.7 Å². The number of anilines is 1. The van der Waals surface area contributed by atoms with Crippen molar-refractivity contribution in [3.63, 3.8) is 0 Å². The van der Waals surface area contributed by atoms with Crippen LogP contribution in [0.2, 0.25) is 0 Å². The van der Waals surface area contributed by atoms with Gasteiger partial charge in [0.05, 0.1) is 18.2 Å². The van der Waals surface area contributed by atoms with Gasteiger partial charge in [0.1, 0.15) is 34.8 Å². The number of ether oxygens (including phenoxy) is 1. The van der Waals surface area contributed by atoms with Gasteiger partial charge in [-0.25, -0.2) is 18.2 Å². The van der Waals surface area contributed by atoms with Gasteiger partial charge in [-0.05, 0) is 55.8 Å². The number of pyridine rings is 1. The quantitative estimate of drug-likeness (QED) is 0.230. The molecule has 4 aromatic rings. The number of halogens is 3. The Morgan fingerprint density at radius 1 is 1.00 bits per heavy atom. The zero-order chi connectivity index (χ0) is 34.1. The fourth-order valence-electron chi connectivity index (χ4n) is 6.58. The molecule has 0 bridgehead atoms. The third kappa shape index (κ3) is 7.89. The van der Waals surface area contributed by atoms with Gasteiger partial charge in [-0.3, -0.25) is 4.90 Å². The van der Waals surface area contributed by atoms with Crippen molar-refractivity contribution >= 4 is 27.5 Å². The van der Waals surface area contributed by atoms with Crippen LogP contribution in [-0.2, 0) is 6.42 Å². The van der Waals surface area contributed by atoms with E-state index in [1.165, 1.54) is 38.2 Å². The summed E-state index contributed by atoms with van der Waals surface area (Å²) in [6, 6.07) is 7.97. The molecule has 8 nitrogen and oxygen atoms in total. The van der Waals surface area contributed by atoms with E-state index in [1.807, 2.05) is 34.6 Å². The van der Waals surface area contributed by atoms with E-state index in [-0.39, 0.29) is 33.9 Å². The number of alkyl halides is 1. The van der Waals surface area contributed by atoms with Crippen LogP contribution in [0, 0.1) is 11.6 Å². The first-order valence-corrected chi connectivity index (χ1v) is 17.1. The van der Waals surface area contributed by atoms with Crippen molar-refractivity contribution < 1.29 is 23.0 Å². The predicted octanol–water partition coefficient (Wildman–Crippen LogP) is 7.44. The van der Waals surface area contributed by atoms with Crippen molar-refractivity contribution in [3.8, 4) is 23.0 Å². The number of nitrogens with zero attached hydrogens (tertiary/aromatic N) is 5. The minimum absolute atomic E-state index is 0.0477. The molecule has 47 heavy (non-hydrogen) atoms. The smallest absolute Gasteiger partial charge is 0.318 e. The summed E-state index contributed by atoms with van der Waals surface area (Å²) in [6.07, 6.45) is 4.13. The van der Waals surface area contributed by atoms with Crippen LogP contribution >= 0.6 is 0 Å². The summed E-state index contributed by atoms with van der Waals surface area (Å²) in [7, 11) is 1.44. The molecule has 7 rings (SSSR count). The monoisotopic (exact) mass is 654 g/mol. The second kappa shape index (κ2) is 16.9. The van der Waals surface area contributed by atoms with Gasteiger partial charge < -0.3 is 20.1 Å². The van der Waals surface area contributed by atoms with E-state index in [2.05, 4.69) is 30.1 Å². The first-order valence-electron chi connectivity index (χ1n) is 17.1. The highest BCUT2D eigenvalue weighted by molar-refractivity contribution is 6.01. The fraction of sp³-hybridized carbons (Fsp3) is 0.528. The molecule has 2 atom stereocenters. The summed E-state index contributed by atoms with van der Waals surface area (Å²) in [5, 5.41) is 14.8. The zero-order valence-corrected chi connectivity index (χ0v) is 28.5. The molecule has 11 heteroatoms. The third-order valence-corrected chi connectivity index (χ3v) is 8.53. The fourth-order valence-corrected chi connectivity index (χ4v) is 6.58. The molecule has 3 fully saturated rings. The minimum atomic E-state index is -0.706. The molecular weight excluding hydrogens is 605 g/mol. The molecule has 3 aliphatic rings. The highest BCUT2D eigenvalue weighted by Gasteiger charge is 2.34. The van der Waals surface area contributed by atoms with E-state index >= 15 is 4.39 Å². The number of rotatable bonds is 5. The minimum Gasteiger partial charge on any atom is -0.508 e. The van der Waals surface area contributed by atoms with Crippen molar-refractivity contribution in [1.29, 1.82) is 0 Å². The molecule has 256 valence electrons. The van der Waals surface area contributed by atoms with Crippen LogP contribution in [0.25, 0.3) is 32.9 Å². The lowest BCUT2D eigenvalue weighted by molar-refractivity contribution is 0.292. The van der Waals surface area contributed by atoms with Crippen LogP contribution in [0.15, 0.2) is 30.3 Å². The largest absolute Gasteiger partial charge is 0.508 e. The lowest BCUT2D eigenvalue weighted by Crippen LogP contribution is -2.44. The summed E-state index contributed by atoms with van der Waals surface area (Å²) >= 11 is 0. The number of aryl methyl sites for hydroxylation is 1. The average molecular weight is 655 g/mol. The molecule has 2 aromatic carbocycles. The Labute approximate surface area is 276 Å². The van der Waals surface area contributed by atoms with Crippen molar-refractivity contribution in [3.05, 3.63) is 47.7 Å². The molecule has 0 aliphatic carbocycles. The Bertz CT molecular complexity index is 1620. The first kappa shape index (κ1) is 36.1. The molecule has 0 radical (unpaired) electrons. The topological polar surface area (TPSA) is 86.6 Å². The maximum absolute atomic E-state index is 16.2. The Morgan fingerprint density at radius 2 is 1.74 bits per heavy atom. The standard InChI is InChI=1S/C25H25F2N5O2.C7H12FN.2C2H6/c1-3-5-18-20-23(30-25(34-2)31-24(20)32-10-8-28-9-11-32)21(27)22(29-18)16-13-15(33)12-14-6-4-7-17(26)19(14)16;8-6-4-7-2-1-3-9(7)5-6;2*1-2/h4,6-7,12-13,28,33H,3,5,8-11H2,1-2H3;6-7H,1-5H2;2*1-2H3. The van der Waals surface area contributed by atoms with E-state index < -0.39 is 17.8 Å². The Hall–Kier alpha value is -3.70. The van der Waals surface area contributed by atoms with E-state index in [1.54, 1.807) is 12.1 Å². The normalized spacial score (nSPS) is 18.9. The number of fused-ring (bicyclic) bond motifs is 3. The summed E-state index contributed by atoms with van der Waals surface area (Å²) in [5.74, 6) is -0.750. The number of phenolic OH excluding ortho intramolecular Hbond substituents is 1. The van der Waals surface area contributed by atoms with Crippen molar-refractivity contribution in [2.24, 2.45) is 0 Å². The summed E-state index contributed by atoms with van der Waals surface area (Å²) in [6.45, 7) is 14.8. The molecule has 2 unspecified atom stereocenters. The average Bonchev–Trinajstić information content (AvgIpc) is 3.69.